The van der Waals surface area contributed by atoms with E-state index < -0.39 is 0 Å². The van der Waals surface area contributed by atoms with Gasteiger partial charge in [0.2, 0.25) is 5.91 Å². The second-order valence-electron chi connectivity index (χ2n) is 7.08. The molecule has 6 nitrogen and oxygen atoms in total. The van der Waals surface area contributed by atoms with E-state index in [-0.39, 0.29) is 11.8 Å². The van der Waals surface area contributed by atoms with E-state index in [1.165, 1.54) is 17.2 Å². The predicted octanol–water partition coefficient (Wildman–Crippen LogP) is 3.30. The highest BCUT2D eigenvalue weighted by Crippen LogP contribution is 2.32. The summed E-state index contributed by atoms with van der Waals surface area (Å²) in [5.41, 5.74) is 6.48. The van der Waals surface area contributed by atoms with Crippen LogP contribution in [0, 0.1) is 6.92 Å². The van der Waals surface area contributed by atoms with Crippen LogP contribution in [0.15, 0.2) is 55.5 Å². The van der Waals surface area contributed by atoms with Crippen LogP contribution in [0.5, 0.6) is 0 Å². The maximum atomic E-state index is 11.6. The van der Waals surface area contributed by atoms with E-state index in [1.807, 2.05) is 16.8 Å². The first-order chi connectivity index (χ1) is 13.1. The molecule has 1 amide bonds. The fourth-order valence-corrected chi connectivity index (χ4v) is 3.84. The second kappa shape index (κ2) is 5.81. The van der Waals surface area contributed by atoms with Gasteiger partial charge < -0.3 is 9.30 Å². The van der Waals surface area contributed by atoms with Gasteiger partial charge in [0.15, 0.2) is 0 Å². The molecule has 1 fully saturated rings. The average Bonchev–Trinajstić information content (AvgIpc) is 3.25. The number of rotatable bonds is 3. The number of hydrogen-bond acceptors (Lipinski definition) is 3. The summed E-state index contributed by atoms with van der Waals surface area (Å²) in [6, 6.07) is 8.39. The Balaban J connectivity index is 1.51. The van der Waals surface area contributed by atoms with Crippen molar-refractivity contribution in [1.82, 2.24) is 24.5 Å². The van der Waals surface area contributed by atoms with E-state index in [9.17, 15) is 4.79 Å². The van der Waals surface area contributed by atoms with Crippen molar-refractivity contribution in [3.63, 3.8) is 0 Å². The number of benzene rings is 1. The largest absolute Gasteiger partial charge is 0.338 e. The third-order valence-corrected chi connectivity index (χ3v) is 5.39. The number of aromatic amines is 1. The molecule has 1 saturated heterocycles. The molecule has 0 bridgehead atoms. The van der Waals surface area contributed by atoms with Gasteiger partial charge in [-0.3, -0.25) is 9.89 Å². The number of likely N-dealkylation sites (tertiary alicyclic amines) is 1. The molecule has 6 heteroatoms. The molecule has 3 aromatic heterocycles. The van der Waals surface area contributed by atoms with Crippen molar-refractivity contribution < 1.29 is 4.79 Å². The number of nitrogens with one attached hydrogen (secondary N) is 1. The van der Waals surface area contributed by atoms with Gasteiger partial charge >= 0.3 is 0 Å². The summed E-state index contributed by atoms with van der Waals surface area (Å²) in [5.74, 6) is 0.275. The quantitative estimate of drug-likeness (QED) is 0.572. The number of H-pyrrole nitrogens is 1. The third kappa shape index (κ3) is 2.44. The Hall–Kier alpha value is -3.41. The normalized spacial score (nSPS) is 14.6. The summed E-state index contributed by atoms with van der Waals surface area (Å²) in [6.07, 6.45) is 7.35. The second-order valence-corrected chi connectivity index (χ2v) is 7.08. The molecule has 1 aliphatic rings. The molecule has 5 rings (SSSR count). The van der Waals surface area contributed by atoms with E-state index >= 15 is 0 Å². The van der Waals surface area contributed by atoms with Gasteiger partial charge in [-0.25, -0.2) is 4.98 Å². The highest BCUT2D eigenvalue weighted by molar-refractivity contribution is 5.96. The molecule has 4 aromatic rings. The van der Waals surface area contributed by atoms with E-state index in [0.717, 1.165) is 27.8 Å². The van der Waals surface area contributed by atoms with Crippen molar-refractivity contribution in [2.75, 3.05) is 13.1 Å². The molecule has 27 heavy (non-hydrogen) atoms. The molecule has 0 saturated carbocycles. The molecule has 4 heterocycles. The lowest BCUT2D eigenvalue weighted by Crippen LogP contribution is -2.47. The SMILES string of the molecule is C=CC(=O)N1CC(c2cn3ccc(-c4c(C)ccc5[nH]ncc45)cc3n2)C1. The van der Waals surface area contributed by atoms with Gasteiger partial charge in [-0.2, -0.15) is 5.10 Å². The Labute approximate surface area is 156 Å². The first-order valence-corrected chi connectivity index (χ1v) is 8.97. The predicted molar refractivity (Wildman–Crippen MR) is 105 cm³/mol. The molecule has 0 aliphatic carbocycles. The standard InChI is InChI=1S/C21H19N5O/c1-3-20(27)26-10-15(11-26)18-12-25-7-6-14(8-19(25)23-18)21-13(2)4-5-17-16(21)9-22-24-17/h3-9,12,15H,1,10-11H2,2H3,(H,22,24). The number of carbonyl (C=O) groups is 1. The van der Waals surface area contributed by atoms with Crippen LogP contribution in [0.4, 0.5) is 0 Å². The van der Waals surface area contributed by atoms with E-state index in [4.69, 9.17) is 4.98 Å². The zero-order chi connectivity index (χ0) is 18.5. The Morgan fingerprint density at radius 3 is 3.00 bits per heavy atom. The van der Waals surface area contributed by atoms with E-state index in [1.54, 1.807) is 4.90 Å². The van der Waals surface area contributed by atoms with Gasteiger partial charge in [0.25, 0.3) is 0 Å². The average molecular weight is 357 g/mol. The molecule has 1 aromatic carbocycles. The summed E-state index contributed by atoms with van der Waals surface area (Å²) >= 11 is 0. The molecule has 134 valence electrons. The Morgan fingerprint density at radius 1 is 1.33 bits per heavy atom. The molecule has 1 aliphatic heterocycles. The highest BCUT2D eigenvalue weighted by Gasteiger charge is 2.32. The van der Waals surface area contributed by atoms with Crippen LogP contribution in [0.1, 0.15) is 17.2 Å². The van der Waals surface area contributed by atoms with Gasteiger partial charge in [-0.05, 0) is 47.9 Å². The topological polar surface area (TPSA) is 66.3 Å². The number of aromatic nitrogens is 4. The minimum absolute atomic E-state index is 0.0130. The number of pyridine rings is 1. The number of fused-ring (bicyclic) bond motifs is 2. The molecule has 0 atom stereocenters. The number of imidazole rings is 1. The van der Waals surface area contributed by atoms with Crippen LogP contribution in [-0.2, 0) is 4.79 Å². The fourth-order valence-electron chi connectivity index (χ4n) is 3.84. The number of carbonyl (C=O) groups excluding carboxylic acids is 1. The lowest BCUT2D eigenvalue weighted by atomic mass is 9.97. The smallest absolute Gasteiger partial charge is 0.245 e. The fraction of sp³-hybridized carbons (Fsp3) is 0.190. The number of hydrogen-bond donors (Lipinski definition) is 1. The van der Waals surface area contributed by atoms with Gasteiger partial charge in [-0.15, -0.1) is 0 Å². The van der Waals surface area contributed by atoms with Crippen LogP contribution in [0.25, 0.3) is 27.7 Å². The molecule has 1 N–H and O–H groups in total. The molecular formula is C21H19N5O. The van der Waals surface area contributed by atoms with Gasteiger partial charge in [0.1, 0.15) is 5.65 Å². The Morgan fingerprint density at radius 2 is 2.19 bits per heavy atom. The molecule has 0 spiro atoms. The summed E-state index contributed by atoms with van der Waals surface area (Å²) in [4.78, 5) is 18.2. The minimum atomic E-state index is -0.0130. The van der Waals surface area contributed by atoms with Crippen LogP contribution in [0.2, 0.25) is 0 Å². The first-order valence-electron chi connectivity index (χ1n) is 8.97. The maximum Gasteiger partial charge on any atom is 0.245 e. The number of amides is 1. The number of nitrogens with zero attached hydrogens (tertiary/aromatic N) is 4. The summed E-state index contributed by atoms with van der Waals surface area (Å²) in [5, 5.41) is 8.33. The van der Waals surface area contributed by atoms with Crippen molar-refractivity contribution in [3.05, 3.63) is 66.8 Å². The van der Waals surface area contributed by atoms with Crippen molar-refractivity contribution >= 4 is 22.5 Å². The molecule has 0 radical (unpaired) electrons. The van der Waals surface area contributed by atoms with E-state index in [0.29, 0.717) is 13.1 Å². The van der Waals surface area contributed by atoms with Crippen molar-refractivity contribution in [2.45, 2.75) is 12.8 Å². The zero-order valence-corrected chi connectivity index (χ0v) is 15.0. The molecule has 0 unspecified atom stereocenters. The monoisotopic (exact) mass is 357 g/mol. The Kier molecular flexibility index (Phi) is 3.40. The van der Waals surface area contributed by atoms with Crippen molar-refractivity contribution in [3.8, 4) is 11.1 Å². The Bertz CT molecular complexity index is 1200. The highest BCUT2D eigenvalue weighted by atomic mass is 16.2. The third-order valence-electron chi connectivity index (χ3n) is 5.39. The summed E-state index contributed by atoms with van der Waals surface area (Å²) in [7, 11) is 0. The van der Waals surface area contributed by atoms with Crippen LogP contribution < -0.4 is 0 Å². The van der Waals surface area contributed by atoms with Gasteiger partial charge in [-0.1, -0.05) is 12.6 Å². The lowest BCUT2D eigenvalue weighted by molar-refractivity contribution is -0.130. The zero-order valence-electron chi connectivity index (χ0n) is 15.0. The van der Waals surface area contributed by atoms with E-state index in [2.05, 4.69) is 54.2 Å². The van der Waals surface area contributed by atoms with Crippen LogP contribution in [0.3, 0.4) is 0 Å². The first kappa shape index (κ1) is 15.8. The minimum Gasteiger partial charge on any atom is -0.338 e. The molecular weight excluding hydrogens is 338 g/mol. The lowest BCUT2D eigenvalue weighted by Gasteiger charge is -2.37. The van der Waals surface area contributed by atoms with Crippen molar-refractivity contribution in [2.24, 2.45) is 0 Å². The van der Waals surface area contributed by atoms with Gasteiger partial charge in [0.05, 0.1) is 17.4 Å². The van der Waals surface area contributed by atoms with Crippen LogP contribution in [-0.4, -0.2) is 43.5 Å². The van der Waals surface area contributed by atoms with Gasteiger partial charge in [0, 0.05) is 36.8 Å². The van der Waals surface area contributed by atoms with Crippen molar-refractivity contribution in [1.29, 1.82) is 0 Å². The summed E-state index contributed by atoms with van der Waals surface area (Å²) in [6.45, 7) is 7.06. The maximum absolute atomic E-state index is 11.6. The number of aryl methyl sites for hydroxylation is 1. The van der Waals surface area contributed by atoms with Crippen LogP contribution >= 0.6 is 0 Å². The summed E-state index contributed by atoms with van der Waals surface area (Å²) < 4.78 is 2.04.